The molecule has 0 amide bonds. The van der Waals surface area contributed by atoms with Crippen LogP contribution in [0.2, 0.25) is 0 Å². The first-order chi connectivity index (χ1) is 13.3. The van der Waals surface area contributed by atoms with Gasteiger partial charge in [-0.05, 0) is 51.6 Å². The van der Waals surface area contributed by atoms with Crippen LogP contribution in [0.3, 0.4) is 0 Å². The lowest BCUT2D eigenvalue weighted by Gasteiger charge is -2.48. The summed E-state index contributed by atoms with van der Waals surface area (Å²) in [4.78, 5) is 7.22. The van der Waals surface area contributed by atoms with Gasteiger partial charge in [-0.25, -0.2) is 0 Å². The summed E-state index contributed by atoms with van der Waals surface area (Å²) in [5.41, 5.74) is 0.335. The number of rotatable bonds is 8. The predicted octanol–water partition coefficient (Wildman–Crippen LogP) is 2.54. The first-order valence-corrected chi connectivity index (χ1v) is 11.2. The van der Waals surface area contributed by atoms with Crippen LogP contribution in [0.15, 0.2) is 4.99 Å². The summed E-state index contributed by atoms with van der Waals surface area (Å²) in [6.07, 6.45) is 13.2. The quantitative estimate of drug-likeness (QED) is 0.385. The van der Waals surface area contributed by atoms with Crippen LogP contribution in [0.4, 0.5) is 0 Å². The van der Waals surface area contributed by atoms with Crippen molar-refractivity contribution in [2.24, 2.45) is 4.99 Å². The van der Waals surface area contributed by atoms with E-state index < -0.39 is 0 Å². The lowest BCUT2D eigenvalue weighted by atomic mass is 9.79. The Balaban J connectivity index is 1.39. The molecule has 0 bridgehead atoms. The molecule has 2 aliphatic heterocycles. The maximum atomic E-state index is 5.84. The number of piperidine rings is 1. The maximum absolute atomic E-state index is 5.84. The van der Waals surface area contributed by atoms with E-state index >= 15 is 0 Å². The summed E-state index contributed by atoms with van der Waals surface area (Å²) < 4.78 is 11.2. The van der Waals surface area contributed by atoms with Crippen molar-refractivity contribution >= 4 is 5.96 Å². The summed E-state index contributed by atoms with van der Waals surface area (Å²) >= 11 is 0. The molecule has 6 nitrogen and oxygen atoms in total. The number of guanidine groups is 1. The van der Waals surface area contributed by atoms with E-state index in [9.17, 15) is 0 Å². The van der Waals surface area contributed by atoms with Gasteiger partial charge in [-0.3, -0.25) is 9.89 Å². The average molecular weight is 381 g/mol. The Morgan fingerprint density at radius 2 is 1.89 bits per heavy atom. The standard InChI is InChI=1S/C21H40N4O2/c1-22-20(23-12-8-15-27-19-9-16-26-17-19)24-18-21(10-4-2-5-11-21)25-13-6-3-7-14-25/h19H,2-18H2,1H3,(H2,22,23,24). The summed E-state index contributed by atoms with van der Waals surface area (Å²) in [7, 11) is 1.87. The molecule has 1 atom stereocenters. The molecule has 0 aromatic rings. The normalized spacial score (nSPS) is 26.9. The van der Waals surface area contributed by atoms with Crippen molar-refractivity contribution in [3.63, 3.8) is 0 Å². The summed E-state index contributed by atoms with van der Waals surface area (Å²) in [6, 6.07) is 0. The lowest BCUT2D eigenvalue weighted by molar-refractivity contribution is 0.0366. The second kappa shape index (κ2) is 11.2. The van der Waals surface area contributed by atoms with Crippen molar-refractivity contribution in [2.45, 2.75) is 75.9 Å². The Morgan fingerprint density at radius 1 is 1.11 bits per heavy atom. The van der Waals surface area contributed by atoms with Gasteiger partial charge < -0.3 is 20.1 Å². The van der Waals surface area contributed by atoms with E-state index in [0.29, 0.717) is 11.6 Å². The van der Waals surface area contributed by atoms with Crippen molar-refractivity contribution in [1.82, 2.24) is 15.5 Å². The van der Waals surface area contributed by atoms with E-state index in [4.69, 9.17) is 9.47 Å². The van der Waals surface area contributed by atoms with E-state index in [2.05, 4.69) is 20.5 Å². The molecule has 3 fully saturated rings. The minimum absolute atomic E-state index is 0.304. The van der Waals surface area contributed by atoms with Crippen LogP contribution in [0.1, 0.15) is 64.2 Å². The van der Waals surface area contributed by atoms with Gasteiger partial charge in [0.15, 0.2) is 5.96 Å². The third kappa shape index (κ3) is 6.33. The van der Waals surface area contributed by atoms with Gasteiger partial charge in [0.1, 0.15) is 0 Å². The zero-order valence-electron chi connectivity index (χ0n) is 17.3. The fourth-order valence-electron chi connectivity index (χ4n) is 4.83. The van der Waals surface area contributed by atoms with Crippen LogP contribution in [-0.4, -0.2) is 75.5 Å². The highest BCUT2D eigenvalue weighted by atomic mass is 16.5. The molecule has 27 heavy (non-hydrogen) atoms. The van der Waals surface area contributed by atoms with Crippen molar-refractivity contribution in [3.8, 4) is 0 Å². The smallest absolute Gasteiger partial charge is 0.191 e. The monoisotopic (exact) mass is 380 g/mol. The number of nitrogens with one attached hydrogen (secondary N) is 2. The van der Waals surface area contributed by atoms with E-state index in [0.717, 1.165) is 51.7 Å². The van der Waals surface area contributed by atoms with Crippen molar-refractivity contribution in [1.29, 1.82) is 0 Å². The number of hydrogen-bond acceptors (Lipinski definition) is 4. The fraction of sp³-hybridized carbons (Fsp3) is 0.952. The molecule has 1 unspecified atom stereocenters. The Hall–Kier alpha value is -0.850. The van der Waals surface area contributed by atoms with Gasteiger partial charge in [0.25, 0.3) is 0 Å². The van der Waals surface area contributed by atoms with E-state index in [1.165, 1.54) is 64.5 Å². The minimum atomic E-state index is 0.304. The number of aliphatic imine (C=N–C) groups is 1. The largest absolute Gasteiger partial charge is 0.379 e. The lowest BCUT2D eigenvalue weighted by Crippen LogP contribution is -2.59. The highest BCUT2D eigenvalue weighted by Crippen LogP contribution is 2.35. The van der Waals surface area contributed by atoms with Crippen LogP contribution < -0.4 is 10.6 Å². The second-order valence-corrected chi connectivity index (χ2v) is 8.40. The molecule has 3 aliphatic rings. The van der Waals surface area contributed by atoms with Crippen molar-refractivity contribution in [2.75, 3.05) is 53.0 Å². The van der Waals surface area contributed by atoms with Gasteiger partial charge >= 0.3 is 0 Å². The molecule has 0 aromatic heterocycles. The SMILES string of the molecule is CN=C(NCCCOC1CCOC1)NCC1(N2CCCCC2)CCCCC1. The molecule has 3 rings (SSSR count). The molecule has 2 N–H and O–H groups in total. The van der Waals surface area contributed by atoms with Crippen LogP contribution in [-0.2, 0) is 9.47 Å². The van der Waals surface area contributed by atoms with Gasteiger partial charge in [0.2, 0.25) is 0 Å². The Bertz CT molecular complexity index is 439. The number of nitrogens with zero attached hydrogens (tertiary/aromatic N) is 2. The maximum Gasteiger partial charge on any atom is 0.191 e. The second-order valence-electron chi connectivity index (χ2n) is 8.40. The van der Waals surface area contributed by atoms with Crippen LogP contribution >= 0.6 is 0 Å². The fourth-order valence-corrected chi connectivity index (χ4v) is 4.83. The third-order valence-corrected chi connectivity index (χ3v) is 6.47. The zero-order valence-corrected chi connectivity index (χ0v) is 17.3. The molecular formula is C21H40N4O2. The van der Waals surface area contributed by atoms with E-state index in [1.54, 1.807) is 0 Å². The Labute approximate surface area is 165 Å². The molecular weight excluding hydrogens is 340 g/mol. The minimum Gasteiger partial charge on any atom is -0.379 e. The third-order valence-electron chi connectivity index (χ3n) is 6.47. The first kappa shape index (κ1) is 20.9. The van der Waals surface area contributed by atoms with Crippen molar-refractivity contribution < 1.29 is 9.47 Å². The summed E-state index contributed by atoms with van der Waals surface area (Å²) in [6.45, 7) is 6.85. The molecule has 6 heteroatoms. The van der Waals surface area contributed by atoms with Gasteiger partial charge in [0.05, 0.1) is 12.7 Å². The molecule has 0 aromatic carbocycles. The van der Waals surface area contributed by atoms with Crippen molar-refractivity contribution in [3.05, 3.63) is 0 Å². The number of likely N-dealkylation sites (tertiary alicyclic amines) is 1. The zero-order chi connectivity index (χ0) is 18.8. The molecule has 2 saturated heterocycles. The summed E-state index contributed by atoms with van der Waals surface area (Å²) in [5.74, 6) is 0.932. The predicted molar refractivity (Wildman–Crippen MR) is 110 cm³/mol. The van der Waals surface area contributed by atoms with Gasteiger partial charge in [-0.2, -0.15) is 0 Å². The van der Waals surface area contributed by atoms with Gasteiger partial charge in [0, 0.05) is 38.9 Å². The molecule has 2 heterocycles. The Kier molecular flexibility index (Phi) is 8.68. The van der Waals surface area contributed by atoms with Crippen LogP contribution in [0.25, 0.3) is 0 Å². The van der Waals surface area contributed by atoms with Gasteiger partial charge in [-0.15, -0.1) is 0 Å². The molecule has 1 saturated carbocycles. The highest BCUT2D eigenvalue weighted by molar-refractivity contribution is 5.79. The first-order valence-electron chi connectivity index (χ1n) is 11.2. The van der Waals surface area contributed by atoms with Crippen LogP contribution in [0, 0.1) is 0 Å². The molecule has 0 radical (unpaired) electrons. The average Bonchev–Trinajstić information content (AvgIpc) is 3.25. The van der Waals surface area contributed by atoms with Gasteiger partial charge in [-0.1, -0.05) is 25.7 Å². The topological polar surface area (TPSA) is 58.1 Å². The molecule has 156 valence electrons. The van der Waals surface area contributed by atoms with E-state index in [-0.39, 0.29) is 0 Å². The Morgan fingerprint density at radius 3 is 2.59 bits per heavy atom. The number of ether oxygens (including phenoxy) is 2. The van der Waals surface area contributed by atoms with E-state index in [1.807, 2.05) is 7.05 Å². The van der Waals surface area contributed by atoms with Crippen LogP contribution in [0.5, 0.6) is 0 Å². The molecule has 0 spiro atoms. The highest BCUT2D eigenvalue weighted by Gasteiger charge is 2.38. The molecule has 1 aliphatic carbocycles. The summed E-state index contributed by atoms with van der Waals surface area (Å²) in [5, 5.41) is 7.11. The number of hydrogen-bond donors (Lipinski definition) is 2.